The van der Waals surface area contributed by atoms with Gasteiger partial charge in [0.15, 0.2) is 5.58 Å². The highest BCUT2D eigenvalue weighted by atomic mass is 16.4. The van der Waals surface area contributed by atoms with E-state index in [-0.39, 0.29) is 13.8 Å². The van der Waals surface area contributed by atoms with Crippen molar-refractivity contribution in [2.45, 2.75) is 51.5 Å². The van der Waals surface area contributed by atoms with Crippen LogP contribution in [0.2, 0.25) is 0 Å². The van der Waals surface area contributed by atoms with Gasteiger partial charge in [-0.15, -0.1) is 0 Å². The molecule has 2 amide bonds. The Morgan fingerprint density at radius 1 is 1.39 bits per heavy atom. The largest absolute Gasteiger partial charge is 0.420 e. The van der Waals surface area contributed by atoms with Crippen LogP contribution in [0.4, 0.5) is 0 Å². The highest BCUT2D eigenvalue weighted by molar-refractivity contribution is 6.00. The topological polar surface area (TPSA) is 81.3 Å². The molecule has 1 fully saturated rings. The van der Waals surface area contributed by atoms with Gasteiger partial charge in [-0.1, -0.05) is 26.3 Å². The second-order valence-electron chi connectivity index (χ2n) is 6.12. The third kappa shape index (κ3) is 2.81. The van der Waals surface area contributed by atoms with Gasteiger partial charge in [-0.25, -0.2) is 4.79 Å². The van der Waals surface area contributed by atoms with Crippen molar-refractivity contribution in [1.82, 2.24) is 9.88 Å². The van der Waals surface area contributed by atoms with E-state index in [4.69, 9.17) is 4.42 Å². The van der Waals surface area contributed by atoms with Crippen LogP contribution in [-0.2, 0) is 9.59 Å². The molecule has 6 nitrogen and oxygen atoms in total. The summed E-state index contributed by atoms with van der Waals surface area (Å²) < 4.78 is 6.69. The quantitative estimate of drug-likeness (QED) is 0.879. The molecule has 1 aliphatic rings. The van der Waals surface area contributed by atoms with Crippen LogP contribution in [-0.4, -0.2) is 16.4 Å². The molecule has 0 spiro atoms. The van der Waals surface area contributed by atoms with E-state index in [0.717, 1.165) is 18.4 Å². The zero-order valence-corrected chi connectivity index (χ0v) is 13.3. The predicted octanol–water partition coefficient (Wildman–Crippen LogP) is 2.72. The van der Waals surface area contributed by atoms with Crippen LogP contribution >= 0.6 is 0 Å². The summed E-state index contributed by atoms with van der Waals surface area (Å²) in [6.45, 7) is 4.27. The van der Waals surface area contributed by atoms with Gasteiger partial charge < -0.3 is 4.42 Å². The van der Waals surface area contributed by atoms with Crippen molar-refractivity contribution in [2.75, 3.05) is 0 Å². The lowest BCUT2D eigenvalue weighted by molar-refractivity contribution is -0.135. The van der Waals surface area contributed by atoms with Crippen molar-refractivity contribution in [2.24, 2.45) is 0 Å². The lowest BCUT2D eigenvalue weighted by Gasteiger charge is -2.21. The molecule has 124 valence electrons. The lowest BCUT2D eigenvalue weighted by Crippen LogP contribution is -2.43. The molecule has 1 aliphatic heterocycles. The summed E-state index contributed by atoms with van der Waals surface area (Å²) in [5.41, 5.74) is 2.20. The van der Waals surface area contributed by atoms with Crippen molar-refractivity contribution in [1.29, 1.82) is 0 Å². The van der Waals surface area contributed by atoms with E-state index in [2.05, 4.69) is 19.2 Å². The van der Waals surface area contributed by atoms with Gasteiger partial charge in [0.1, 0.15) is 6.04 Å². The predicted molar refractivity (Wildman–Crippen MR) is 87.3 cm³/mol. The maximum absolute atomic E-state index is 12.2. The first-order valence-electron chi connectivity index (χ1n) is 8.00. The van der Waals surface area contributed by atoms with Gasteiger partial charge in [0.05, 0.1) is 5.52 Å². The fourth-order valence-electron chi connectivity index (χ4n) is 3.18. The molecular weight excluding hydrogens is 296 g/mol. The van der Waals surface area contributed by atoms with E-state index >= 15 is 0 Å². The van der Waals surface area contributed by atoms with Crippen LogP contribution in [0.3, 0.4) is 0 Å². The summed E-state index contributed by atoms with van der Waals surface area (Å²) in [7, 11) is 0. The number of hydrogen-bond donors (Lipinski definition) is 1. The number of fused-ring (bicyclic) bond motifs is 1. The second-order valence-corrected chi connectivity index (χ2v) is 6.12. The standard InChI is InChI=1S/C17H20N2O4.H2/c1-3-4-10(2)11-5-6-12-14(9-11)23-17(22)19(12)13-7-8-15(20)18-16(13)21;/h5-6,9-10,13H,3-4,7-8H2,1-2H3,(H,18,20,21);1H/t10?,13-;/m0./s1. The average molecular weight is 318 g/mol. The Hall–Kier alpha value is -2.37. The van der Waals surface area contributed by atoms with Crippen LogP contribution < -0.4 is 11.1 Å². The number of carbonyl (C=O) groups excluding carboxylic acids is 2. The van der Waals surface area contributed by atoms with Gasteiger partial charge in [-0.05, 0) is 36.5 Å². The Kier molecular flexibility index (Phi) is 4.07. The van der Waals surface area contributed by atoms with Crippen LogP contribution in [0.1, 0.15) is 58.5 Å². The molecule has 2 atom stereocenters. The second kappa shape index (κ2) is 6.02. The number of piperidine rings is 1. The molecule has 1 aromatic heterocycles. The Morgan fingerprint density at radius 3 is 2.87 bits per heavy atom. The number of amides is 2. The highest BCUT2D eigenvalue weighted by Crippen LogP contribution is 2.27. The fraction of sp³-hybridized carbons (Fsp3) is 0.471. The number of nitrogens with zero attached hydrogens (tertiary/aromatic N) is 1. The Morgan fingerprint density at radius 2 is 2.17 bits per heavy atom. The number of nitrogens with one attached hydrogen (secondary N) is 1. The highest BCUT2D eigenvalue weighted by Gasteiger charge is 2.31. The molecule has 3 rings (SSSR count). The van der Waals surface area contributed by atoms with E-state index in [1.807, 2.05) is 18.2 Å². The molecule has 1 N–H and O–H groups in total. The number of oxazole rings is 1. The molecule has 0 aliphatic carbocycles. The Bertz CT molecular complexity index is 824. The number of imide groups is 1. The summed E-state index contributed by atoms with van der Waals surface area (Å²) in [4.78, 5) is 35.5. The molecule has 2 aromatic rings. The molecule has 1 unspecified atom stereocenters. The molecule has 23 heavy (non-hydrogen) atoms. The number of carbonyl (C=O) groups is 2. The monoisotopic (exact) mass is 318 g/mol. The third-order valence-corrected chi connectivity index (χ3v) is 4.45. The molecule has 6 heteroatoms. The third-order valence-electron chi connectivity index (χ3n) is 4.45. The smallest absolute Gasteiger partial charge is 0.408 e. The summed E-state index contributed by atoms with van der Waals surface area (Å²) >= 11 is 0. The van der Waals surface area contributed by atoms with Gasteiger partial charge in [0.2, 0.25) is 11.8 Å². The molecule has 2 heterocycles. The minimum atomic E-state index is -0.694. The first kappa shape index (κ1) is 15.5. The van der Waals surface area contributed by atoms with Crippen LogP contribution in [0.5, 0.6) is 0 Å². The minimum Gasteiger partial charge on any atom is -0.408 e. The Balaban J connectivity index is 0.00000208. The van der Waals surface area contributed by atoms with Crippen molar-refractivity contribution in [3.63, 3.8) is 0 Å². The van der Waals surface area contributed by atoms with Crippen molar-refractivity contribution in [3.05, 3.63) is 34.3 Å². The van der Waals surface area contributed by atoms with Gasteiger partial charge in [-0.2, -0.15) is 0 Å². The zero-order valence-electron chi connectivity index (χ0n) is 13.3. The van der Waals surface area contributed by atoms with Crippen LogP contribution in [0, 0.1) is 0 Å². The van der Waals surface area contributed by atoms with Crippen molar-refractivity contribution in [3.8, 4) is 0 Å². The van der Waals surface area contributed by atoms with E-state index in [0.29, 0.717) is 23.4 Å². The van der Waals surface area contributed by atoms with E-state index in [1.54, 1.807) is 0 Å². The van der Waals surface area contributed by atoms with Crippen molar-refractivity contribution < 1.29 is 15.4 Å². The molecular formula is C17H22N2O4. The van der Waals surface area contributed by atoms with Crippen LogP contribution in [0.25, 0.3) is 11.1 Å². The SMILES string of the molecule is CCCC(C)c1ccc2c(c1)oc(=O)n2[C@H]1CCC(=O)NC1=O.[HH]. The van der Waals surface area contributed by atoms with Crippen molar-refractivity contribution >= 4 is 22.9 Å². The van der Waals surface area contributed by atoms with E-state index in [1.165, 1.54) is 4.57 Å². The fourth-order valence-corrected chi connectivity index (χ4v) is 3.18. The maximum Gasteiger partial charge on any atom is 0.420 e. The number of aromatic nitrogens is 1. The maximum atomic E-state index is 12.2. The molecule has 1 saturated heterocycles. The zero-order chi connectivity index (χ0) is 16.6. The molecule has 0 bridgehead atoms. The number of hydrogen-bond acceptors (Lipinski definition) is 4. The van der Waals surface area contributed by atoms with Crippen LogP contribution in [0.15, 0.2) is 27.4 Å². The van der Waals surface area contributed by atoms with E-state index in [9.17, 15) is 14.4 Å². The Labute approximate surface area is 134 Å². The summed E-state index contributed by atoms with van der Waals surface area (Å²) in [6, 6.07) is 4.98. The first-order valence-corrected chi connectivity index (χ1v) is 8.00. The number of benzene rings is 1. The minimum absolute atomic E-state index is 0. The molecule has 0 saturated carbocycles. The lowest BCUT2D eigenvalue weighted by atomic mass is 9.96. The molecule has 1 aromatic carbocycles. The first-order chi connectivity index (χ1) is 11.0. The van der Waals surface area contributed by atoms with Gasteiger partial charge in [0.25, 0.3) is 0 Å². The van der Waals surface area contributed by atoms with E-state index < -0.39 is 17.7 Å². The number of rotatable bonds is 4. The van der Waals surface area contributed by atoms with Gasteiger partial charge in [-0.3, -0.25) is 19.5 Å². The van der Waals surface area contributed by atoms with Gasteiger partial charge >= 0.3 is 5.76 Å². The summed E-state index contributed by atoms with van der Waals surface area (Å²) in [5.74, 6) is -0.930. The summed E-state index contributed by atoms with van der Waals surface area (Å²) in [6.07, 6.45) is 2.68. The molecule has 0 radical (unpaired) electrons. The summed E-state index contributed by atoms with van der Waals surface area (Å²) in [5, 5.41) is 2.28. The normalized spacial score (nSPS) is 19.8. The van der Waals surface area contributed by atoms with Gasteiger partial charge in [0, 0.05) is 7.85 Å². The average Bonchev–Trinajstić information content (AvgIpc) is 2.83.